The predicted molar refractivity (Wildman–Crippen MR) is 74.8 cm³/mol. The fraction of sp³-hybridized carbons (Fsp3) is 0.533. The van der Waals surface area contributed by atoms with Crippen molar-refractivity contribution >= 4 is 5.91 Å². The van der Waals surface area contributed by atoms with Crippen LogP contribution in [0.15, 0.2) is 24.3 Å². The average Bonchev–Trinajstić information content (AvgIpc) is 2.39. The molecule has 104 valence electrons. The molecule has 19 heavy (non-hydrogen) atoms. The number of hydrogen-bond donors (Lipinski definition) is 2. The summed E-state index contributed by atoms with van der Waals surface area (Å²) in [6.45, 7) is 1.23. The van der Waals surface area contributed by atoms with Gasteiger partial charge in [-0.05, 0) is 18.4 Å². The maximum Gasteiger partial charge on any atom is 0.257 e. The topological polar surface area (TPSA) is 64.3 Å². The first-order valence-corrected chi connectivity index (χ1v) is 6.97. The highest BCUT2D eigenvalue weighted by molar-refractivity contribution is 5.77. The van der Waals surface area contributed by atoms with Gasteiger partial charge in [-0.15, -0.1) is 0 Å². The lowest BCUT2D eigenvalue weighted by Gasteiger charge is -2.25. The number of nitrogens with two attached hydrogens (primary N) is 1. The lowest BCUT2D eigenvalue weighted by Crippen LogP contribution is -2.31. The van der Waals surface area contributed by atoms with Crippen molar-refractivity contribution in [2.45, 2.75) is 32.2 Å². The number of ether oxygens (including phenoxy) is 1. The number of amides is 1. The Labute approximate surface area is 114 Å². The number of nitrogens with one attached hydrogen (secondary N) is 1. The van der Waals surface area contributed by atoms with Gasteiger partial charge in [0.15, 0.2) is 6.61 Å². The smallest absolute Gasteiger partial charge is 0.257 e. The molecule has 4 nitrogen and oxygen atoms in total. The summed E-state index contributed by atoms with van der Waals surface area (Å²) in [5.41, 5.74) is 6.53. The van der Waals surface area contributed by atoms with Crippen LogP contribution in [-0.2, 0) is 11.3 Å². The molecular weight excluding hydrogens is 240 g/mol. The van der Waals surface area contributed by atoms with Crippen molar-refractivity contribution in [3.8, 4) is 5.75 Å². The van der Waals surface area contributed by atoms with Crippen LogP contribution in [0.4, 0.5) is 0 Å². The van der Waals surface area contributed by atoms with Crippen LogP contribution in [-0.4, -0.2) is 19.1 Å². The SMILES string of the molecule is NCc1ccccc1OCC(=O)NCCC1CCC1. The van der Waals surface area contributed by atoms with E-state index in [4.69, 9.17) is 10.5 Å². The molecule has 0 saturated heterocycles. The molecule has 0 unspecified atom stereocenters. The van der Waals surface area contributed by atoms with Gasteiger partial charge in [0, 0.05) is 18.7 Å². The summed E-state index contributed by atoms with van der Waals surface area (Å²) in [4.78, 5) is 11.6. The van der Waals surface area contributed by atoms with Crippen LogP contribution in [0.5, 0.6) is 5.75 Å². The number of carbonyl (C=O) groups excluding carboxylic acids is 1. The largest absolute Gasteiger partial charge is 0.483 e. The molecule has 4 heteroatoms. The highest BCUT2D eigenvalue weighted by Crippen LogP contribution is 2.28. The Balaban J connectivity index is 1.67. The van der Waals surface area contributed by atoms with Gasteiger partial charge in [-0.25, -0.2) is 0 Å². The minimum absolute atomic E-state index is 0.0572. The Bertz CT molecular complexity index is 416. The van der Waals surface area contributed by atoms with Gasteiger partial charge in [0.1, 0.15) is 5.75 Å². The molecule has 0 aromatic heterocycles. The summed E-state index contributed by atoms with van der Waals surface area (Å²) in [5.74, 6) is 1.45. The maximum atomic E-state index is 11.6. The highest BCUT2D eigenvalue weighted by Gasteiger charge is 2.16. The van der Waals surface area contributed by atoms with E-state index < -0.39 is 0 Å². The second-order valence-corrected chi connectivity index (χ2v) is 5.04. The van der Waals surface area contributed by atoms with Crippen molar-refractivity contribution in [3.63, 3.8) is 0 Å². The predicted octanol–water partition coefficient (Wildman–Crippen LogP) is 1.83. The molecule has 0 heterocycles. The first-order chi connectivity index (χ1) is 9.29. The van der Waals surface area contributed by atoms with E-state index in [0.29, 0.717) is 12.3 Å². The lowest BCUT2D eigenvalue weighted by molar-refractivity contribution is -0.123. The van der Waals surface area contributed by atoms with Gasteiger partial charge in [-0.2, -0.15) is 0 Å². The van der Waals surface area contributed by atoms with Gasteiger partial charge < -0.3 is 15.8 Å². The standard InChI is InChI=1S/C15H22N2O2/c16-10-13-6-1-2-7-14(13)19-11-15(18)17-9-8-12-4-3-5-12/h1-2,6-7,12H,3-5,8-11,16H2,(H,17,18). The van der Waals surface area contributed by atoms with Crippen LogP contribution < -0.4 is 15.8 Å². The average molecular weight is 262 g/mol. The number of hydrogen-bond acceptors (Lipinski definition) is 3. The summed E-state index contributed by atoms with van der Waals surface area (Å²) < 4.78 is 5.50. The molecule has 1 aromatic rings. The second kappa shape index (κ2) is 7.14. The second-order valence-electron chi connectivity index (χ2n) is 5.04. The Hall–Kier alpha value is -1.55. The van der Waals surface area contributed by atoms with Crippen molar-refractivity contribution in [3.05, 3.63) is 29.8 Å². The van der Waals surface area contributed by atoms with E-state index >= 15 is 0 Å². The first-order valence-electron chi connectivity index (χ1n) is 6.97. The van der Waals surface area contributed by atoms with Gasteiger partial charge in [-0.1, -0.05) is 37.5 Å². The van der Waals surface area contributed by atoms with E-state index in [1.54, 1.807) is 0 Å². The van der Waals surface area contributed by atoms with Gasteiger partial charge in [0.2, 0.25) is 0 Å². The highest BCUT2D eigenvalue weighted by atomic mass is 16.5. The Morgan fingerprint density at radius 3 is 2.84 bits per heavy atom. The van der Waals surface area contributed by atoms with Crippen molar-refractivity contribution in [1.29, 1.82) is 0 Å². The van der Waals surface area contributed by atoms with Crippen LogP contribution >= 0.6 is 0 Å². The third-order valence-corrected chi connectivity index (χ3v) is 3.65. The van der Waals surface area contributed by atoms with Crippen LogP contribution in [0, 0.1) is 5.92 Å². The summed E-state index contributed by atoms with van der Waals surface area (Å²) in [7, 11) is 0. The summed E-state index contributed by atoms with van der Waals surface area (Å²) >= 11 is 0. The molecule has 0 spiro atoms. The molecule has 1 amide bonds. The molecular formula is C15H22N2O2. The van der Waals surface area contributed by atoms with Crippen molar-refractivity contribution in [2.24, 2.45) is 11.7 Å². The van der Waals surface area contributed by atoms with Crippen LogP contribution in [0.3, 0.4) is 0 Å². The summed E-state index contributed by atoms with van der Waals surface area (Å²) in [5, 5.41) is 2.89. The van der Waals surface area contributed by atoms with E-state index in [-0.39, 0.29) is 12.5 Å². The third kappa shape index (κ3) is 4.24. The Morgan fingerprint density at radius 2 is 2.16 bits per heavy atom. The number of benzene rings is 1. The molecule has 1 fully saturated rings. The molecule has 3 N–H and O–H groups in total. The van der Waals surface area contributed by atoms with E-state index in [1.807, 2.05) is 24.3 Å². The summed E-state index contributed by atoms with van der Waals surface area (Å²) in [6, 6.07) is 7.53. The van der Waals surface area contributed by atoms with E-state index in [0.717, 1.165) is 24.4 Å². The molecule has 1 aliphatic carbocycles. The van der Waals surface area contributed by atoms with E-state index in [1.165, 1.54) is 19.3 Å². The lowest BCUT2D eigenvalue weighted by atomic mass is 9.83. The van der Waals surface area contributed by atoms with Gasteiger partial charge >= 0.3 is 0 Å². The molecule has 0 aliphatic heterocycles. The van der Waals surface area contributed by atoms with Gasteiger partial charge in [-0.3, -0.25) is 4.79 Å². The van der Waals surface area contributed by atoms with E-state index in [2.05, 4.69) is 5.32 Å². The van der Waals surface area contributed by atoms with Crippen LogP contribution in [0.1, 0.15) is 31.2 Å². The Kier molecular flexibility index (Phi) is 5.21. The molecule has 1 saturated carbocycles. The zero-order chi connectivity index (χ0) is 13.5. The third-order valence-electron chi connectivity index (χ3n) is 3.65. The molecule has 1 aliphatic rings. The number of para-hydroxylation sites is 1. The van der Waals surface area contributed by atoms with Crippen molar-refractivity contribution in [1.82, 2.24) is 5.32 Å². The maximum absolute atomic E-state index is 11.6. The molecule has 1 aromatic carbocycles. The normalized spacial score (nSPS) is 14.8. The Morgan fingerprint density at radius 1 is 1.37 bits per heavy atom. The molecule has 2 rings (SSSR count). The van der Waals surface area contributed by atoms with E-state index in [9.17, 15) is 4.79 Å². The molecule has 0 bridgehead atoms. The molecule has 0 atom stereocenters. The first kappa shape index (κ1) is 13.9. The fourth-order valence-electron chi connectivity index (χ4n) is 2.20. The van der Waals surface area contributed by atoms with Gasteiger partial charge in [0.25, 0.3) is 5.91 Å². The van der Waals surface area contributed by atoms with Crippen LogP contribution in [0.2, 0.25) is 0 Å². The zero-order valence-electron chi connectivity index (χ0n) is 11.2. The van der Waals surface area contributed by atoms with Crippen molar-refractivity contribution < 1.29 is 9.53 Å². The zero-order valence-corrected chi connectivity index (χ0v) is 11.2. The molecule has 0 radical (unpaired) electrons. The minimum atomic E-state index is -0.0638. The minimum Gasteiger partial charge on any atom is -0.483 e. The van der Waals surface area contributed by atoms with Crippen molar-refractivity contribution in [2.75, 3.05) is 13.2 Å². The monoisotopic (exact) mass is 262 g/mol. The number of rotatable bonds is 7. The number of carbonyl (C=O) groups is 1. The van der Waals surface area contributed by atoms with Gasteiger partial charge in [0.05, 0.1) is 0 Å². The fourth-order valence-corrected chi connectivity index (χ4v) is 2.20. The van der Waals surface area contributed by atoms with Crippen LogP contribution in [0.25, 0.3) is 0 Å². The summed E-state index contributed by atoms with van der Waals surface area (Å²) in [6.07, 6.45) is 5.06. The quantitative estimate of drug-likeness (QED) is 0.788.